The molecule has 0 bridgehead atoms. The van der Waals surface area contributed by atoms with E-state index in [1.807, 2.05) is 13.8 Å². The molecule has 0 amide bonds. The van der Waals surface area contributed by atoms with Crippen molar-refractivity contribution in [2.75, 3.05) is 13.7 Å². The normalized spacial score (nSPS) is 27.5. The SMILES string of the molecule is COc1cc(OC(=O)CCC(C)C)ccc1OC1OC(CO)C(O)C(O)C1O. The first-order valence-corrected chi connectivity index (χ1v) is 9.12. The highest BCUT2D eigenvalue weighted by Gasteiger charge is 2.44. The Morgan fingerprint density at radius 2 is 1.86 bits per heavy atom. The first-order chi connectivity index (χ1) is 13.3. The van der Waals surface area contributed by atoms with E-state index in [1.54, 1.807) is 0 Å². The maximum absolute atomic E-state index is 11.9. The Morgan fingerprint density at radius 3 is 2.46 bits per heavy atom. The van der Waals surface area contributed by atoms with E-state index >= 15 is 0 Å². The summed E-state index contributed by atoms with van der Waals surface area (Å²) in [4.78, 5) is 11.9. The molecule has 28 heavy (non-hydrogen) atoms. The number of aliphatic hydroxyl groups excluding tert-OH is 4. The van der Waals surface area contributed by atoms with Gasteiger partial charge in [-0.3, -0.25) is 4.79 Å². The van der Waals surface area contributed by atoms with Gasteiger partial charge in [-0.05, 0) is 24.5 Å². The lowest BCUT2D eigenvalue weighted by atomic mass is 9.99. The molecule has 2 rings (SSSR count). The number of carbonyl (C=O) groups excluding carboxylic acids is 1. The van der Waals surface area contributed by atoms with Crippen molar-refractivity contribution in [1.29, 1.82) is 0 Å². The molecular weight excluding hydrogens is 372 g/mol. The Balaban J connectivity index is 2.08. The zero-order valence-corrected chi connectivity index (χ0v) is 16.1. The Labute approximate surface area is 163 Å². The highest BCUT2D eigenvalue weighted by Crippen LogP contribution is 2.34. The van der Waals surface area contributed by atoms with Crippen LogP contribution in [-0.2, 0) is 9.53 Å². The van der Waals surface area contributed by atoms with Crippen molar-refractivity contribution >= 4 is 5.97 Å². The van der Waals surface area contributed by atoms with Crippen LogP contribution >= 0.6 is 0 Å². The number of methoxy groups -OCH3 is 1. The molecule has 1 aliphatic rings. The fourth-order valence-electron chi connectivity index (χ4n) is 2.69. The molecule has 4 N–H and O–H groups in total. The van der Waals surface area contributed by atoms with Crippen LogP contribution in [0.3, 0.4) is 0 Å². The highest BCUT2D eigenvalue weighted by molar-refractivity contribution is 5.72. The van der Waals surface area contributed by atoms with Crippen LogP contribution in [0.4, 0.5) is 0 Å². The van der Waals surface area contributed by atoms with E-state index in [0.717, 1.165) is 0 Å². The molecule has 0 aromatic heterocycles. The van der Waals surface area contributed by atoms with Gasteiger partial charge < -0.3 is 39.4 Å². The topological polar surface area (TPSA) is 135 Å². The lowest BCUT2D eigenvalue weighted by Crippen LogP contribution is -2.60. The number of rotatable bonds is 8. The van der Waals surface area contributed by atoms with Gasteiger partial charge in [-0.1, -0.05) is 13.8 Å². The van der Waals surface area contributed by atoms with E-state index in [0.29, 0.717) is 18.8 Å². The van der Waals surface area contributed by atoms with Gasteiger partial charge in [0.2, 0.25) is 6.29 Å². The Morgan fingerprint density at radius 1 is 1.14 bits per heavy atom. The molecule has 9 nitrogen and oxygen atoms in total. The third-order valence-electron chi connectivity index (χ3n) is 4.38. The summed E-state index contributed by atoms with van der Waals surface area (Å²) in [6.45, 7) is 3.47. The minimum Gasteiger partial charge on any atom is -0.493 e. The van der Waals surface area contributed by atoms with Crippen molar-refractivity contribution in [3.63, 3.8) is 0 Å². The fraction of sp³-hybridized carbons (Fsp3) is 0.632. The molecule has 1 aromatic rings. The van der Waals surface area contributed by atoms with Crippen molar-refractivity contribution in [1.82, 2.24) is 0 Å². The second kappa shape index (κ2) is 10.0. The third kappa shape index (κ3) is 5.55. The predicted octanol–water partition coefficient (Wildman–Crippen LogP) is 0.215. The molecule has 1 saturated heterocycles. The lowest BCUT2D eigenvalue weighted by molar-refractivity contribution is -0.277. The van der Waals surface area contributed by atoms with Crippen LogP contribution in [-0.4, -0.2) is 70.8 Å². The molecule has 158 valence electrons. The second-order valence-corrected chi connectivity index (χ2v) is 7.03. The average Bonchev–Trinajstić information content (AvgIpc) is 2.67. The minimum absolute atomic E-state index is 0.161. The summed E-state index contributed by atoms with van der Waals surface area (Å²) in [6, 6.07) is 4.41. The smallest absolute Gasteiger partial charge is 0.311 e. The summed E-state index contributed by atoms with van der Waals surface area (Å²) in [5.74, 6) is 0.668. The molecule has 0 spiro atoms. The standard InChI is InChI=1S/C19H28O9/c1-10(2)4-7-15(21)26-11-5-6-12(13(8-11)25-3)27-19-18(24)17(23)16(22)14(9-20)28-19/h5-6,8,10,14,16-20,22-24H,4,7,9H2,1-3H3. The lowest BCUT2D eigenvalue weighted by Gasteiger charge is -2.39. The summed E-state index contributed by atoms with van der Waals surface area (Å²) >= 11 is 0. The van der Waals surface area contributed by atoms with Gasteiger partial charge in [-0.25, -0.2) is 0 Å². The molecule has 9 heteroatoms. The van der Waals surface area contributed by atoms with Gasteiger partial charge in [-0.15, -0.1) is 0 Å². The first-order valence-electron chi connectivity index (χ1n) is 9.12. The van der Waals surface area contributed by atoms with Crippen LogP contribution in [0.5, 0.6) is 17.2 Å². The van der Waals surface area contributed by atoms with Gasteiger partial charge in [0.05, 0.1) is 13.7 Å². The minimum atomic E-state index is -1.55. The Bertz CT molecular complexity index is 646. The number of esters is 1. The van der Waals surface area contributed by atoms with E-state index in [1.165, 1.54) is 25.3 Å². The molecule has 1 fully saturated rings. The maximum atomic E-state index is 11.9. The van der Waals surface area contributed by atoms with Crippen LogP contribution in [0.1, 0.15) is 26.7 Å². The zero-order valence-electron chi connectivity index (χ0n) is 16.1. The summed E-state index contributed by atoms with van der Waals surface area (Å²) in [7, 11) is 1.39. The Kier molecular flexibility index (Phi) is 8.02. The fourth-order valence-corrected chi connectivity index (χ4v) is 2.69. The number of benzene rings is 1. The van der Waals surface area contributed by atoms with Crippen LogP contribution in [0.25, 0.3) is 0 Å². The third-order valence-corrected chi connectivity index (χ3v) is 4.38. The number of carbonyl (C=O) groups is 1. The molecule has 0 aliphatic carbocycles. The molecule has 1 heterocycles. The van der Waals surface area contributed by atoms with E-state index in [2.05, 4.69) is 0 Å². The quantitative estimate of drug-likeness (QED) is 0.357. The molecule has 0 saturated carbocycles. The van der Waals surface area contributed by atoms with Crippen molar-refractivity contribution in [3.05, 3.63) is 18.2 Å². The maximum Gasteiger partial charge on any atom is 0.311 e. The Hall–Kier alpha value is -1.91. The highest BCUT2D eigenvalue weighted by atomic mass is 16.7. The van der Waals surface area contributed by atoms with E-state index in [9.17, 15) is 25.2 Å². The molecule has 5 atom stereocenters. The van der Waals surface area contributed by atoms with Crippen molar-refractivity contribution in [2.24, 2.45) is 5.92 Å². The first kappa shape index (κ1) is 22.4. The van der Waals surface area contributed by atoms with Crippen molar-refractivity contribution in [2.45, 2.75) is 57.4 Å². The number of ether oxygens (including phenoxy) is 4. The molecule has 5 unspecified atom stereocenters. The van der Waals surface area contributed by atoms with Gasteiger partial charge in [0, 0.05) is 12.5 Å². The summed E-state index contributed by atoms with van der Waals surface area (Å²) < 4.78 is 21.4. The molecule has 0 radical (unpaired) electrons. The largest absolute Gasteiger partial charge is 0.493 e. The molecule has 1 aliphatic heterocycles. The molecular formula is C19H28O9. The second-order valence-electron chi connectivity index (χ2n) is 7.03. The summed E-state index contributed by atoms with van der Waals surface area (Å²) in [6.07, 6.45) is -6.00. The summed E-state index contributed by atoms with van der Waals surface area (Å²) in [5, 5.41) is 39.0. The number of hydrogen-bond donors (Lipinski definition) is 4. The zero-order chi connectivity index (χ0) is 20.8. The van der Waals surface area contributed by atoms with Crippen LogP contribution < -0.4 is 14.2 Å². The van der Waals surface area contributed by atoms with Gasteiger partial charge in [-0.2, -0.15) is 0 Å². The number of aliphatic hydroxyl groups is 4. The van der Waals surface area contributed by atoms with Crippen LogP contribution in [0, 0.1) is 5.92 Å². The average molecular weight is 400 g/mol. The van der Waals surface area contributed by atoms with E-state index in [4.69, 9.17) is 18.9 Å². The van der Waals surface area contributed by atoms with Gasteiger partial charge in [0.15, 0.2) is 11.5 Å². The van der Waals surface area contributed by atoms with Crippen molar-refractivity contribution < 1.29 is 44.2 Å². The van der Waals surface area contributed by atoms with Gasteiger partial charge in [0.1, 0.15) is 30.2 Å². The number of hydrogen-bond acceptors (Lipinski definition) is 9. The summed E-state index contributed by atoms with van der Waals surface area (Å²) in [5.41, 5.74) is 0. The van der Waals surface area contributed by atoms with Gasteiger partial charge in [0.25, 0.3) is 0 Å². The predicted molar refractivity (Wildman–Crippen MR) is 97.1 cm³/mol. The van der Waals surface area contributed by atoms with Crippen LogP contribution in [0.15, 0.2) is 18.2 Å². The van der Waals surface area contributed by atoms with Crippen molar-refractivity contribution in [3.8, 4) is 17.2 Å². The molecule has 1 aromatic carbocycles. The van der Waals surface area contributed by atoms with Crippen LogP contribution in [0.2, 0.25) is 0 Å². The van der Waals surface area contributed by atoms with E-state index < -0.39 is 37.3 Å². The van der Waals surface area contributed by atoms with E-state index in [-0.39, 0.29) is 23.2 Å². The monoisotopic (exact) mass is 400 g/mol. The van der Waals surface area contributed by atoms with Gasteiger partial charge >= 0.3 is 5.97 Å².